The largest absolute Gasteiger partial charge is 0.358 e. The van der Waals surface area contributed by atoms with Crippen LogP contribution in [0.4, 0.5) is 5.82 Å². The second-order valence-corrected chi connectivity index (χ2v) is 5.55. The molecule has 0 unspecified atom stereocenters. The van der Waals surface area contributed by atoms with Gasteiger partial charge in [0.15, 0.2) is 5.16 Å². The Morgan fingerprint density at radius 1 is 1.05 bits per heavy atom. The molecule has 102 valence electrons. The first-order chi connectivity index (χ1) is 9.11. The molecule has 4 nitrogen and oxygen atoms in total. The van der Waals surface area contributed by atoms with Gasteiger partial charge in [0, 0.05) is 25.5 Å². The fourth-order valence-corrected chi connectivity index (χ4v) is 2.24. The van der Waals surface area contributed by atoms with E-state index in [1.165, 1.54) is 0 Å². The number of thioether (sulfide) groups is 1. The van der Waals surface area contributed by atoms with Gasteiger partial charge in [0.05, 0.1) is 5.52 Å². The highest BCUT2D eigenvalue weighted by atomic mass is 32.2. The molecule has 0 atom stereocenters. The van der Waals surface area contributed by atoms with E-state index in [-0.39, 0.29) is 0 Å². The second-order valence-electron chi connectivity index (χ2n) is 4.78. The average molecular weight is 276 g/mol. The Hall–Kier alpha value is -1.33. The number of likely N-dealkylation sites (N-methyl/N-ethyl adjacent to an activating group) is 2. The topological polar surface area (TPSA) is 32.3 Å². The van der Waals surface area contributed by atoms with Gasteiger partial charge in [-0.1, -0.05) is 23.9 Å². The van der Waals surface area contributed by atoms with Crippen molar-refractivity contribution in [2.24, 2.45) is 0 Å². The van der Waals surface area contributed by atoms with E-state index in [9.17, 15) is 0 Å². The fraction of sp³-hybridized carbons (Fsp3) is 0.429. The first kappa shape index (κ1) is 14.1. The molecule has 0 N–H and O–H groups in total. The van der Waals surface area contributed by atoms with Crippen LogP contribution in [0.15, 0.2) is 29.4 Å². The maximum absolute atomic E-state index is 4.66. The van der Waals surface area contributed by atoms with Gasteiger partial charge >= 0.3 is 0 Å². The first-order valence-electron chi connectivity index (χ1n) is 6.28. The zero-order valence-corrected chi connectivity index (χ0v) is 12.7. The van der Waals surface area contributed by atoms with Gasteiger partial charge in [-0.3, -0.25) is 0 Å². The Balaban J connectivity index is 2.39. The van der Waals surface area contributed by atoms with Crippen LogP contribution >= 0.6 is 11.8 Å². The van der Waals surface area contributed by atoms with Crippen LogP contribution in [-0.4, -0.2) is 55.4 Å². The summed E-state index contributed by atoms with van der Waals surface area (Å²) in [5.74, 6) is 1.01. The Morgan fingerprint density at radius 2 is 1.79 bits per heavy atom. The van der Waals surface area contributed by atoms with Crippen molar-refractivity contribution >= 4 is 28.5 Å². The van der Waals surface area contributed by atoms with Crippen molar-refractivity contribution in [2.75, 3.05) is 45.4 Å². The minimum absolute atomic E-state index is 0.824. The molecule has 0 bridgehead atoms. The number of nitrogens with zero attached hydrogens (tertiary/aromatic N) is 4. The van der Waals surface area contributed by atoms with Crippen molar-refractivity contribution in [2.45, 2.75) is 5.16 Å². The minimum Gasteiger partial charge on any atom is -0.358 e. The van der Waals surface area contributed by atoms with Crippen LogP contribution in [0.25, 0.3) is 10.9 Å². The molecule has 2 rings (SSSR count). The monoisotopic (exact) mass is 276 g/mol. The van der Waals surface area contributed by atoms with Crippen molar-refractivity contribution in [1.29, 1.82) is 0 Å². The van der Waals surface area contributed by atoms with Gasteiger partial charge in [-0.25, -0.2) is 9.97 Å². The smallest absolute Gasteiger partial charge is 0.189 e. The molecule has 1 aromatic heterocycles. The van der Waals surface area contributed by atoms with E-state index in [4.69, 9.17) is 0 Å². The first-order valence-corrected chi connectivity index (χ1v) is 7.51. The summed E-state index contributed by atoms with van der Waals surface area (Å²) in [6.07, 6.45) is 2.01. The Labute approximate surface area is 118 Å². The quantitative estimate of drug-likeness (QED) is 0.618. The fourth-order valence-electron chi connectivity index (χ4n) is 1.88. The zero-order valence-electron chi connectivity index (χ0n) is 11.9. The van der Waals surface area contributed by atoms with Gasteiger partial charge in [0.25, 0.3) is 0 Å². The van der Waals surface area contributed by atoms with Crippen molar-refractivity contribution in [3.05, 3.63) is 24.3 Å². The third-order valence-corrected chi connectivity index (χ3v) is 3.54. The summed E-state index contributed by atoms with van der Waals surface area (Å²) in [4.78, 5) is 13.6. The SMILES string of the molecule is CSc1nc(N(C)CCN(C)C)c2ccccc2n1. The van der Waals surface area contributed by atoms with Crippen molar-refractivity contribution in [1.82, 2.24) is 14.9 Å². The molecule has 0 aliphatic heterocycles. The van der Waals surface area contributed by atoms with Crippen molar-refractivity contribution in [3.8, 4) is 0 Å². The molecule has 0 spiro atoms. The third kappa shape index (κ3) is 3.36. The average Bonchev–Trinajstić information content (AvgIpc) is 2.43. The normalized spacial score (nSPS) is 11.2. The van der Waals surface area contributed by atoms with E-state index < -0.39 is 0 Å². The number of fused-ring (bicyclic) bond motifs is 1. The van der Waals surface area contributed by atoms with Crippen LogP contribution in [-0.2, 0) is 0 Å². The second kappa shape index (κ2) is 6.21. The molecule has 0 amide bonds. The molecular formula is C14H20N4S. The van der Waals surface area contributed by atoms with Crippen molar-refractivity contribution in [3.63, 3.8) is 0 Å². The predicted molar refractivity (Wildman–Crippen MR) is 83.1 cm³/mol. The van der Waals surface area contributed by atoms with Crippen LogP contribution in [0.5, 0.6) is 0 Å². The van der Waals surface area contributed by atoms with Gasteiger partial charge in [-0.2, -0.15) is 0 Å². The van der Waals surface area contributed by atoms with Gasteiger partial charge in [-0.05, 0) is 32.5 Å². The number of anilines is 1. The molecule has 0 fully saturated rings. The number of hydrogen-bond donors (Lipinski definition) is 0. The van der Waals surface area contributed by atoms with Gasteiger partial charge in [0.2, 0.25) is 0 Å². The Morgan fingerprint density at radius 3 is 2.47 bits per heavy atom. The zero-order chi connectivity index (χ0) is 13.8. The lowest BCUT2D eigenvalue weighted by molar-refractivity contribution is 0.416. The number of hydrogen-bond acceptors (Lipinski definition) is 5. The predicted octanol–water partition coefficient (Wildman–Crippen LogP) is 2.35. The molecule has 2 aromatic rings. The summed E-state index contributed by atoms with van der Waals surface area (Å²) >= 11 is 1.58. The number of aromatic nitrogens is 2. The number of rotatable bonds is 5. The summed E-state index contributed by atoms with van der Waals surface area (Å²) in [6, 6.07) is 8.18. The summed E-state index contributed by atoms with van der Waals surface area (Å²) in [6.45, 7) is 1.95. The molecule has 0 saturated heterocycles. The summed E-state index contributed by atoms with van der Waals surface area (Å²) in [5, 5.41) is 1.94. The van der Waals surface area contributed by atoms with Gasteiger partial charge < -0.3 is 9.80 Å². The lowest BCUT2D eigenvalue weighted by Gasteiger charge is -2.22. The van der Waals surface area contributed by atoms with Crippen LogP contribution in [0, 0.1) is 0 Å². The van der Waals surface area contributed by atoms with Crippen LogP contribution < -0.4 is 4.90 Å². The maximum Gasteiger partial charge on any atom is 0.189 e. The molecule has 19 heavy (non-hydrogen) atoms. The standard InChI is InChI=1S/C14H20N4S/c1-17(2)9-10-18(3)13-11-7-5-6-8-12(11)15-14(16-13)19-4/h5-8H,9-10H2,1-4H3. The molecule has 1 heterocycles. The Bertz CT molecular complexity index is 556. The van der Waals surface area contributed by atoms with Crippen LogP contribution in [0.3, 0.4) is 0 Å². The molecule has 0 saturated carbocycles. The molecule has 5 heteroatoms. The van der Waals surface area contributed by atoms with Crippen molar-refractivity contribution < 1.29 is 0 Å². The van der Waals surface area contributed by atoms with Crippen LogP contribution in [0.2, 0.25) is 0 Å². The number of para-hydroxylation sites is 1. The van der Waals surface area contributed by atoms with E-state index >= 15 is 0 Å². The summed E-state index contributed by atoms with van der Waals surface area (Å²) in [5.41, 5.74) is 1.01. The highest BCUT2D eigenvalue weighted by Gasteiger charge is 2.11. The minimum atomic E-state index is 0.824. The van der Waals surface area contributed by atoms with E-state index in [0.29, 0.717) is 0 Å². The third-order valence-electron chi connectivity index (χ3n) is 2.99. The van der Waals surface area contributed by atoms with E-state index in [1.807, 2.05) is 24.5 Å². The molecular weight excluding hydrogens is 256 g/mol. The van der Waals surface area contributed by atoms with E-state index in [0.717, 1.165) is 35.0 Å². The maximum atomic E-state index is 4.66. The number of benzene rings is 1. The van der Waals surface area contributed by atoms with Crippen LogP contribution in [0.1, 0.15) is 0 Å². The molecule has 0 aliphatic carbocycles. The van der Waals surface area contributed by atoms with Gasteiger partial charge in [0.1, 0.15) is 5.82 Å². The molecule has 1 aromatic carbocycles. The highest BCUT2D eigenvalue weighted by Crippen LogP contribution is 2.25. The lowest BCUT2D eigenvalue weighted by atomic mass is 10.2. The summed E-state index contributed by atoms with van der Waals surface area (Å²) in [7, 11) is 6.25. The van der Waals surface area contributed by atoms with E-state index in [1.54, 1.807) is 11.8 Å². The van der Waals surface area contributed by atoms with E-state index in [2.05, 4.69) is 47.0 Å². The van der Waals surface area contributed by atoms with Gasteiger partial charge in [-0.15, -0.1) is 0 Å². The summed E-state index contributed by atoms with van der Waals surface area (Å²) < 4.78 is 0. The molecule has 0 aliphatic rings. The molecule has 0 radical (unpaired) electrons. The Kier molecular flexibility index (Phi) is 4.61. The lowest BCUT2D eigenvalue weighted by Crippen LogP contribution is -2.29. The highest BCUT2D eigenvalue weighted by molar-refractivity contribution is 7.98.